The quantitative estimate of drug-likeness (QED) is 0.272. The molecule has 0 rings (SSSR count). The molecule has 0 aromatic carbocycles. The second-order valence-electron chi connectivity index (χ2n) is 0. The zero-order valence-corrected chi connectivity index (χ0v) is 20.4. The number of hydrogen-bond donors (Lipinski definition) is 0. The van der Waals surface area contributed by atoms with Crippen LogP contribution in [0.25, 0.3) is 0 Å². The van der Waals surface area contributed by atoms with Gasteiger partial charge in [-0.3, -0.25) is 0 Å². The van der Waals surface area contributed by atoms with E-state index in [-0.39, 0.29) is 191 Å². The van der Waals surface area contributed by atoms with E-state index in [0.29, 0.717) is 0 Å². The van der Waals surface area contributed by atoms with Gasteiger partial charge in [0.25, 0.3) is 0 Å². The largest absolute Gasteiger partial charge is 0 e. The maximum absolute atomic E-state index is 0. The summed E-state index contributed by atoms with van der Waals surface area (Å²) in [6, 6.07) is 0. The standard InChI is InChI=1S/2Au.3Ba. The van der Waals surface area contributed by atoms with Crippen LogP contribution in [0.4, 0.5) is 0 Å². The van der Waals surface area contributed by atoms with Gasteiger partial charge in [0.05, 0.1) is 0 Å². The molecule has 8 radical (unpaired) electrons. The van der Waals surface area contributed by atoms with Gasteiger partial charge < -0.3 is 0 Å². The molecule has 0 aromatic heterocycles. The molecule has 0 unspecified atom stereocenters. The van der Waals surface area contributed by atoms with Crippen LogP contribution < -0.4 is 0 Å². The van der Waals surface area contributed by atoms with Crippen LogP contribution in [0, 0.1) is 0 Å². The third kappa shape index (κ3) is 17.8. The Morgan fingerprint density at radius 2 is 0.400 bits per heavy atom. The molecule has 0 atom stereocenters. The van der Waals surface area contributed by atoms with Gasteiger partial charge in [0.2, 0.25) is 0 Å². The average molecular weight is 806 g/mol. The van der Waals surface area contributed by atoms with E-state index in [0.717, 1.165) is 0 Å². The van der Waals surface area contributed by atoms with E-state index in [4.69, 9.17) is 0 Å². The van der Waals surface area contributed by atoms with Crippen LogP contribution in [0.1, 0.15) is 0 Å². The normalized spacial score (nSPS) is 0. The smallest absolute Gasteiger partial charge is 0 e. The van der Waals surface area contributed by atoms with Crippen molar-refractivity contribution in [2.45, 2.75) is 0 Å². The second-order valence-corrected chi connectivity index (χ2v) is 0. The summed E-state index contributed by atoms with van der Waals surface area (Å²) in [6.45, 7) is 0. The Kier molecular flexibility index (Phi) is 136. The zero-order valence-electron chi connectivity index (χ0n) is 2.72. The second kappa shape index (κ2) is 22.5. The Bertz CT molecular complexity index is 4.85. The van der Waals surface area contributed by atoms with Crippen LogP contribution in [0.3, 0.4) is 0 Å². The van der Waals surface area contributed by atoms with Crippen LogP contribution in [-0.4, -0.2) is 147 Å². The van der Waals surface area contributed by atoms with E-state index in [1.54, 1.807) is 0 Å². The Morgan fingerprint density at radius 3 is 0.400 bits per heavy atom. The molecule has 5 heteroatoms. The average Bonchev–Trinajstić information content (AvgIpc) is 0. The molecule has 5 heavy (non-hydrogen) atoms. The van der Waals surface area contributed by atoms with Gasteiger partial charge in [-0.2, -0.15) is 0 Å². The van der Waals surface area contributed by atoms with Gasteiger partial charge in [0.15, 0.2) is 0 Å². The van der Waals surface area contributed by atoms with Crippen molar-refractivity contribution >= 4 is 147 Å². The molecule has 0 aliphatic heterocycles. The van der Waals surface area contributed by atoms with Gasteiger partial charge in [0.1, 0.15) is 0 Å². The molecule has 28 valence electrons. The molecule has 0 aliphatic carbocycles. The van der Waals surface area contributed by atoms with E-state index < -0.39 is 0 Å². The van der Waals surface area contributed by atoms with Crippen LogP contribution in [0.5, 0.6) is 0 Å². The summed E-state index contributed by atoms with van der Waals surface area (Å²) in [4.78, 5) is 0. The molecule has 0 saturated heterocycles. The molecular weight excluding hydrogens is 806 g/mol. The minimum Gasteiger partial charge on any atom is 0 e. The van der Waals surface area contributed by atoms with E-state index in [1.165, 1.54) is 0 Å². The minimum absolute atomic E-state index is 0. The molecule has 0 spiro atoms. The first-order valence-corrected chi connectivity index (χ1v) is 0. The Balaban J connectivity index is 0. The van der Waals surface area contributed by atoms with Crippen LogP contribution in [0.2, 0.25) is 0 Å². The molecule has 0 N–H and O–H groups in total. The summed E-state index contributed by atoms with van der Waals surface area (Å²) in [6.07, 6.45) is 0. The molecule has 0 bridgehead atoms. The van der Waals surface area contributed by atoms with Crippen LogP contribution >= 0.6 is 0 Å². The van der Waals surface area contributed by atoms with Crippen molar-refractivity contribution in [1.29, 1.82) is 0 Å². The molecule has 0 nitrogen and oxygen atoms in total. The maximum atomic E-state index is 0. The van der Waals surface area contributed by atoms with Gasteiger partial charge in [-0.25, -0.2) is 0 Å². The predicted octanol–water partition coefficient (Wildman–Crippen LogP) is -1.15. The Hall–Kier alpha value is 6.19. The van der Waals surface area contributed by atoms with E-state index >= 15 is 0 Å². The molecule has 0 heterocycles. The fraction of sp³-hybridized carbons (Fsp3) is 0. The summed E-state index contributed by atoms with van der Waals surface area (Å²) in [5, 5.41) is 0. The van der Waals surface area contributed by atoms with Gasteiger partial charge in [0, 0.05) is 191 Å². The predicted molar refractivity (Wildman–Crippen MR) is 17.3 cm³/mol. The summed E-state index contributed by atoms with van der Waals surface area (Å²) in [5.74, 6) is 0. The third-order valence-corrected chi connectivity index (χ3v) is 0. The Morgan fingerprint density at radius 1 is 0.400 bits per heavy atom. The molecule has 0 amide bonds. The van der Waals surface area contributed by atoms with Gasteiger partial charge >= 0.3 is 0 Å². The van der Waals surface area contributed by atoms with Crippen molar-refractivity contribution in [3.63, 3.8) is 0 Å². The number of hydrogen-bond acceptors (Lipinski definition) is 0. The number of rotatable bonds is 0. The van der Waals surface area contributed by atoms with Gasteiger partial charge in [-0.1, -0.05) is 0 Å². The first-order chi connectivity index (χ1) is 0. The van der Waals surface area contributed by atoms with E-state index in [9.17, 15) is 0 Å². The molecule has 0 saturated carbocycles. The summed E-state index contributed by atoms with van der Waals surface area (Å²) < 4.78 is 0. The van der Waals surface area contributed by atoms with Gasteiger partial charge in [-0.15, -0.1) is 0 Å². The van der Waals surface area contributed by atoms with E-state index in [2.05, 4.69) is 0 Å². The molecule has 0 aliphatic rings. The van der Waals surface area contributed by atoms with Crippen molar-refractivity contribution in [3.05, 3.63) is 0 Å². The minimum atomic E-state index is 0. The van der Waals surface area contributed by atoms with Crippen LogP contribution in [0.15, 0.2) is 0 Å². The van der Waals surface area contributed by atoms with Crippen molar-refractivity contribution in [1.82, 2.24) is 0 Å². The first-order valence-electron chi connectivity index (χ1n) is 0. The fourth-order valence-electron chi connectivity index (χ4n) is 0. The fourth-order valence-corrected chi connectivity index (χ4v) is 0. The van der Waals surface area contributed by atoms with Crippen molar-refractivity contribution < 1.29 is 44.8 Å². The van der Waals surface area contributed by atoms with Crippen molar-refractivity contribution in [2.24, 2.45) is 0 Å². The summed E-state index contributed by atoms with van der Waals surface area (Å²) >= 11 is 0. The van der Waals surface area contributed by atoms with Gasteiger partial charge in [-0.05, 0) is 0 Å². The maximum Gasteiger partial charge on any atom is 0 e. The Labute approximate surface area is 184 Å². The van der Waals surface area contributed by atoms with E-state index in [1.807, 2.05) is 0 Å². The first kappa shape index (κ1) is 30.3. The molecular formula is Au2Ba3. The SMILES string of the molecule is [Au].[Au].[Ba].[Ba].[Ba]. The third-order valence-electron chi connectivity index (χ3n) is 0. The monoisotopic (exact) mass is 808 g/mol. The molecule has 0 fully saturated rings. The van der Waals surface area contributed by atoms with Crippen molar-refractivity contribution in [3.8, 4) is 0 Å². The van der Waals surface area contributed by atoms with Crippen molar-refractivity contribution in [2.75, 3.05) is 0 Å². The topological polar surface area (TPSA) is 0 Å². The summed E-state index contributed by atoms with van der Waals surface area (Å²) in [5.41, 5.74) is 0. The summed E-state index contributed by atoms with van der Waals surface area (Å²) in [7, 11) is 0. The van der Waals surface area contributed by atoms with Crippen LogP contribution in [-0.2, 0) is 44.8 Å². The molecule has 0 aromatic rings. The zero-order chi connectivity index (χ0) is 0.